The van der Waals surface area contributed by atoms with Crippen LogP contribution in [0, 0.1) is 5.82 Å². The Morgan fingerprint density at radius 1 is 1.12 bits per heavy atom. The van der Waals surface area contributed by atoms with E-state index in [-0.39, 0.29) is 5.82 Å². The second-order valence-corrected chi connectivity index (χ2v) is 4.78. The summed E-state index contributed by atoms with van der Waals surface area (Å²) < 4.78 is 12.7. The highest BCUT2D eigenvalue weighted by molar-refractivity contribution is 7.09. The average molecular weight is 250 g/mol. The van der Waals surface area contributed by atoms with Crippen molar-refractivity contribution in [2.75, 3.05) is 13.1 Å². The molecule has 0 atom stereocenters. The predicted molar refractivity (Wildman–Crippen MR) is 68.8 cm³/mol. The van der Waals surface area contributed by atoms with E-state index in [1.807, 2.05) is 23.7 Å². The van der Waals surface area contributed by atoms with Gasteiger partial charge in [0.2, 0.25) is 0 Å². The minimum Gasteiger partial charge on any atom is -0.316 e. The summed E-state index contributed by atoms with van der Waals surface area (Å²) in [5.41, 5.74) is 1.16. The first kappa shape index (κ1) is 12.2. The van der Waals surface area contributed by atoms with Gasteiger partial charge in [-0.05, 0) is 30.7 Å². The van der Waals surface area contributed by atoms with Crippen LogP contribution in [0.3, 0.4) is 0 Å². The molecule has 4 heteroatoms. The molecule has 0 spiro atoms. The van der Waals surface area contributed by atoms with Gasteiger partial charge in [-0.1, -0.05) is 12.1 Å². The lowest BCUT2D eigenvalue weighted by atomic mass is 10.1. The molecule has 0 bridgehead atoms. The summed E-state index contributed by atoms with van der Waals surface area (Å²) >= 11 is 1.69. The Morgan fingerprint density at radius 3 is 2.59 bits per heavy atom. The fourth-order valence-corrected chi connectivity index (χ4v) is 2.20. The van der Waals surface area contributed by atoms with Gasteiger partial charge >= 0.3 is 0 Å². The summed E-state index contributed by atoms with van der Waals surface area (Å²) in [7, 11) is 0. The summed E-state index contributed by atoms with van der Waals surface area (Å²) in [6.07, 6.45) is 3.73. The van der Waals surface area contributed by atoms with Gasteiger partial charge in [0.15, 0.2) is 0 Å². The SMILES string of the molecule is Fc1ccc(CCNCCc2nccs2)cc1. The van der Waals surface area contributed by atoms with E-state index >= 15 is 0 Å². The maximum Gasteiger partial charge on any atom is 0.123 e. The summed E-state index contributed by atoms with van der Waals surface area (Å²) in [5.74, 6) is -0.175. The molecule has 0 fully saturated rings. The quantitative estimate of drug-likeness (QED) is 0.797. The molecular formula is C13H15FN2S. The van der Waals surface area contributed by atoms with E-state index in [1.54, 1.807) is 11.3 Å². The van der Waals surface area contributed by atoms with Gasteiger partial charge in [-0.2, -0.15) is 0 Å². The zero-order chi connectivity index (χ0) is 11.9. The summed E-state index contributed by atoms with van der Waals surface area (Å²) in [4.78, 5) is 4.22. The van der Waals surface area contributed by atoms with Crippen LogP contribution in [0.25, 0.3) is 0 Å². The van der Waals surface area contributed by atoms with Gasteiger partial charge in [0.05, 0.1) is 5.01 Å². The molecule has 2 aromatic rings. The number of nitrogens with zero attached hydrogens (tertiary/aromatic N) is 1. The zero-order valence-electron chi connectivity index (χ0n) is 9.53. The molecule has 0 aliphatic carbocycles. The highest BCUT2D eigenvalue weighted by Gasteiger charge is 1.96. The Bertz CT molecular complexity index is 425. The van der Waals surface area contributed by atoms with Crippen molar-refractivity contribution < 1.29 is 4.39 Å². The number of thiazole rings is 1. The van der Waals surface area contributed by atoms with E-state index in [4.69, 9.17) is 0 Å². The van der Waals surface area contributed by atoms with E-state index in [1.165, 1.54) is 17.1 Å². The van der Waals surface area contributed by atoms with Crippen molar-refractivity contribution in [3.05, 3.63) is 52.2 Å². The first-order chi connectivity index (χ1) is 8.34. The van der Waals surface area contributed by atoms with Gasteiger partial charge in [0.1, 0.15) is 5.82 Å². The number of hydrogen-bond donors (Lipinski definition) is 1. The van der Waals surface area contributed by atoms with Gasteiger partial charge < -0.3 is 5.32 Å². The zero-order valence-corrected chi connectivity index (χ0v) is 10.3. The van der Waals surface area contributed by atoms with Crippen molar-refractivity contribution >= 4 is 11.3 Å². The standard InChI is InChI=1S/C13H15FN2S/c14-12-3-1-11(2-4-12)5-7-15-8-6-13-16-9-10-17-13/h1-4,9-10,15H,5-8H2. The van der Waals surface area contributed by atoms with Crippen LogP contribution in [0.1, 0.15) is 10.6 Å². The molecule has 0 aliphatic rings. The van der Waals surface area contributed by atoms with Gasteiger partial charge in [0, 0.05) is 24.5 Å². The van der Waals surface area contributed by atoms with Gasteiger partial charge in [0.25, 0.3) is 0 Å². The van der Waals surface area contributed by atoms with Crippen molar-refractivity contribution in [1.29, 1.82) is 0 Å². The van der Waals surface area contributed by atoms with Crippen LogP contribution in [-0.2, 0) is 12.8 Å². The van der Waals surface area contributed by atoms with E-state index in [0.29, 0.717) is 0 Å². The van der Waals surface area contributed by atoms with Crippen LogP contribution in [0.15, 0.2) is 35.8 Å². The van der Waals surface area contributed by atoms with Crippen molar-refractivity contribution in [3.63, 3.8) is 0 Å². The second kappa shape index (κ2) is 6.47. The van der Waals surface area contributed by atoms with Gasteiger partial charge in [-0.3, -0.25) is 0 Å². The van der Waals surface area contributed by atoms with Crippen LogP contribution in [-0.4, -0.2) is 18.1 Å². The van der Waals surface area contributed by atoms with Crippen LogP contribution in [0.4, 0.5) is 4.39 Å². The molecule has 0 saturated carbocycles. The van der Waals surface area contributed by atoms with E-state index in [0.717, 1.165) is 31.5 Å². The molecule has 0 aliphatic heterocycles. The molecule has 0 saturated heterocycles. The summed E-state index contributed by atoms with van der Waals surface area (Å²) in [6, 6.07) is 6.67. The highest BCUT2D eigenvalue weighted by Crippen LogP contribution is 2.04. The Hall–Kier alpha value is -1.26. The Kier molecular flexibility index (Phi) is 4.64. The maximum atomic E-state index is 12.7. The predicted octanol–water partition coefficient (Wildman–Crippen LogP) is 2.66. The number of nitrogens with one attached hydrogen (secondary N) is 1. The van der Waals surface area contributed by atoms with Crippen LogP contribution >= 0.6 is 11.3 Å². The van der Waals surface area contributed by atoms with Crippen molar-refractivity contribution in [2.45, 2.75) is 12.8 Å². The molecule has 2 rings (SSSR count). The van der Waals surface area contributed by atoms with Crippen LogP contribution in [0.2, 0.25) is 0 Å². The minimum absolute atomic E-state index is 0.175. The largest absolute Gasteiger partial charge is 0.316 e. The van der Waals surface area contributed by atoms with Crippen molar-refractivity contribution in [2.24, 2.45) is 0 Å². The maximum absolute atomic E-state index is 12.7. The van der Waals surface area contributed by atoms with E-state index in [2.05, 4.69) is 10.3 Å². The first-order valence-corrected chi connectivity index (χ1v) is 6.56. The lowest BCUT2D eigenvalue weighted by molar-refractivity contribution is 0.626. The van der Waals surface area contributed by atoms with Gasteiger partial charge in [-0.25, -0.2) is 9.37 Å². The van der Waals surface area contributed by atoms with Crippen molar-refractivity contribution in [1.82, 2.24) is 10.3 Å². The van der Waals surface area contributed by atoms with E-state index in [9.17, 15) is 4.39 Å². The average Bonchev–Trinajstić information content (AvgIpc) is 2.84. The molecule has 2 nitrogen and oxygen atoms in total. The fourth-order valence-electron chi connectivity index (χ4n) is 1.58. The monoisotopic (exact) mass is 250 g/mol. The fraction of sp³-hybridized carbons (Fsp3) is 0.308. The molecule has 1 aromatic heterocycles. The highest BCUT2D eigenvalue weighted by atomic mass is 32.1. The number of halogens is 1. The Morgan fingerprint density at radius 2 is 1.88 bits per heavy atom. The third kappa shape index (κ3) is 4.24. The van der Waals surface area contributed by atoms with Crippen LogP contribution in [0.5, 0.6) is 0 Å². The summed E-state index contributed by atoms with van der Waals surface area (Å²) in [5, 5.41) is 6.52. The third-order valence-electron chi connectivity index (χ3n) is 2.50. The number of benzene rings is 1. The minimum atomic E-state index is -0.175. The molecule has 0 radical (unpaired) electrons. The molecule has 0 amide bonds. The van der Waals surface area contributed by atoms with Crippen molar-refractivity contribution in [3.8, 4) is 0 Å². The lowest BCUT2D eigenvalue weighted by Crippen LogP contribution is -2.20. The van der Waals surface area contributed by atoms with Crippen LogP contribution < -0.4 is 5.32 Å². The molecule has 90 valence electrons. The second-order valence-electron chi connectivity index (χ2n) is 3.80. The molecule has 1 aromatic carbocycles. The Balaban J connectivity index is 1.61. The third-order valence-corrected chi connectivity index (χ3v) is 3.34. The van der Waals surface area contributed by atoms with E-state index < -0.39 is 0 Å². The number of hydrogen-bond acceptors (Lipinski definition) is 3. The number of rotatable bonds is 6. The molecular weight excluding hydrogens is 235 g/mol. The topological polar surface area (TPSA) is 24.9 Å². The smallest absolute Gasteiger partial charge is 0.123 e. The molecule has 17 heavy (non-hydrogen) atoms. The molecule has 1 heterocycles. The summed E-state index contributed by atoms with van der Waals surface area (Å²) in [6.45, 7) is 1.85. The Labute approximate surface area is 105 Å². The molecule has 1 N–H and O–H groups in total. The first-order valence-electron chi connectivity index (χ1n) is 5.68. The lowest BCUT2D eigenvalue weighted by Gasteiger charge is -2.03. The molecule has 0 unspecified atom stereocenters. The van der Waals surface area contributed by atoms with Gasteiger partial charge in [-0.15, -0.1) is 11.3 Å². The number of aromatic nitrogens is 1. The normalized spacial score (nSPS) is 10.6.